The summed E-state index contributed by atoms with van der Waals surface area (Å²) >= 11 is 0. The van der Waals surface area contributed by atoms with Crippen molar-refractivity contribution in [3.63, 3.8) is 0 Å². The zero-order valence-electron chi connectivity index (χ0n) is 18.0. The third-order valence-electron chi connectivity index (χ3n) is 5.38. The summed E-state index contributed by atoms with van der Waals surface area (Å²) in [7, 11) is 1.81. The first-order valence-corrected chi connectivity index (χ1v) is 10.1. The molecular formula is C23H30IN5O. The lowest BCUT2D eigenvalue weighted by atomic mass is 9.90. The van der Waals surface area contributed by atoms with E-state index in [1.165, 1.54) is 5.56 Å². The van der Waals surface area contributed by atoms with Gasteiger partial charge < -0.3 is 19.9 Å². The van der Waals surface area contributed by atoms with E-state index >= 15 is 0 Å². The molecule has 2 aromatic carbocycles. The largest absolute Gasteiger partial charge is 0.487 e. The molecule has 0 bridgehead atoms. The number of aryl methyl sites for hydroxylation is 1. The van der Waals surface area contributed by atoms with Gasteiger partial charge in [-0.25, -0.2) is 4.98 Å². The van der Waals surface area contributed by atoms with Crippen LogP contribution in [0.4, 0.5) is 0 Å². The Bertz CT molecular complexity index is 1040. The summed E-state index contributed by atoms with van der Waals surface area (Å²) in [4.78, 5) is 9.08. The molecule has 1 unspecified atom stereocenters. The number of guanidine groups is 1. The summed E-state index contributed by atoms with van der Waals surface area (Å²) in [6.07, 6.45) is 0.871. The first-order valence-electron chi connectivity index (χ1n) is 10.1. The Hall–Kier alpha value is -2.29. The predicted octanol–water partition coefficient (Wildman–Crippen LogP) is 4.43. The van der Waals surface area contributed by atoms with Crippen molar-refractivity contribution in [3.8, 4) is 5.75 Å². The number of hydrogen-bond donors (Lipinski definition) is 2. The van der Waals surface area contributed by atoms with Gasteiger partial charge in [-0.05, 0) is 39.0 Å². The second kappa shape index (κ2) is 9.24. The average molecular weight is 519 g/mol. The monoisotopic (exact) mass is 519 g/mol. The predicted molar refractivity (Wildman–Crippen MR) is 133 cm³/mol. The molecule has 1 aliphatic heterocycles. The number of imidazole rings is 1. The maximum atomic E-state index is 6.14. The number of para-hydroxylation sites is 3. The Kier molecular flexibility index (Phi) is 6.90. The normalized spacial score (nSPS) is 17.6. The zero-order chi connectivity index (χ0) is 20.4. The third kappa shape index (κ3) is 4.71. The molecule has 1 aliphatic rings. The molecule has 3 aromatic rings. The van der Waals surface area contributed by atoms with Gasteiger partial charge in [-0.15, -0.1) is 24.0 Å². The average Bonchev–Trinajstić information content (AvgIpc) is 3.01. The van der Waals surface area contributed by atoms with E-state index in [1.807, 2.05) is 32.2 Å². The first kappa shape index (κ1) is 22.4. The maximum absolute atomic E-state index is 6.14. The summed E-state index contributed by atoms with van der Waals surface area (Å²) in [6.45, 7) is 7.88. The van der Waals surface area contributed by atoms with Crippen LogP contribution in [0.2, 0.25) is 0 Å². The van der Waals surface area contributed by atoms with Crippen LogP contribution in [0.25, 0.3) is 11.0 Å². The lowest BCUT2D eigenvalue weighted by Gasteiger charge is -2.38. The molecular weight excluding hydrogens is 489 g/mol. The molecule has 0 spiro atoms. The second-order valence-electron chi connectivity index (χ2n) is 8.10. The van der Waals surface area contributed by atoms with Crippen molar-refractivity contribution < 1.29 is 4.74 Å². The molecule has 0 radical (unpaired) electrons. The number of nitrogens with one attached hydrogen (secondary N) is 2. The number of benzene rings is 2. The minimum absolute atomic E-state index is 0. The van der Waals surface area contributed by atoms with Crippen LogP contribution in [0, 0.1) is 6.92 Å². The molecule has 0 fully saturated rings. The quantitative estimate of drug-likeness (QED) is 0.304. The minimum atomic E-state index is -0.224. The zero-order valence-corrected chi connectivity index (χ0v) is 20.3. The standard InChI is InChI=1S/C23H29N5O.HI/c1-16-26-18-10-6-7-11-20(18)28(16)14-13-25-22(24-4)27-19-15-23(2,3)29-21-12-8-5-9-17(19)21;/h5-12,19H,13-15H2,1-4H3,(H2,24,25,27);1H. The molecule has 0 saturated carbocycles. The van der Waals surface area contributed by atoms with Gasteiger partial charge >= 0.3 is 0 Å². The Labute approximate surface area is 195 Å². The highest BCUT2D eigenvalue weighted by molar-refractivity contribution is 14.0. The van der Waals surface area contributed by atoms with E-state index in [9.17, 15) is 0 Å². The van der Waals surface area contributed by atoms with Gasteiger partial charge in [0.05, 0.1) is 17.1 Å². The van der Waals surface area contributed by atoms with Crippen molar-refractivity contribution >= 4 is 41.0 Å². The number of rotatable bonds is 4. The summed E-state index contributed by atoms with van der Waals surface area (Å²) in [5, 5.41) is 7.04. The van der Waals surface area contributed by atoms with Crippen molar-refractivity contribution in [1.29, 1.82) is 0 Å². The van der Waals surface area contributed by atoms with E-state index in [4.69, 9.17) is 4.74 Å². The van der Waals surface area contributed by atoms with Gasteiger partial charge in [-0.1, -0.05) is 30.3 Å². The van der Waals surface area contributed by atoms with Crippen LogP contribution < -0.4 is 15.4 Å². The summed E-state index contributed by atoms with van der Waals surface area (Å²) in [5.74, 6) is 2.76. The van der Waals surface area contributed by atoms with Gasteiger partial charge in [0.25, 0.3) is 0 Å². The molecule has 0 saturated heterocycles. The van der Waals surface area contributed by atoms with Gasteiger partial charge in [0.15, 0.2) is 5.96 Å². The number of nitrogens with zero attached hydrogens (tertiary/aromatic N) is 3. The van der Waals surface area contributed by atoms with Crippen molar-refractivity contribution in [2.24, 2.45) is 4.99 Å². The number of halogens is 1. The molecule has 30 heavy (non-hydrogen) atoms. The van der Waals surface area contributed by atoms with Crippen LogP contribution in [0.3, 0.4) is 0 Å². The molecule has 0 aliphatic carbocycles. The SMILES string of the molecule is CN=C(NCCn1c(C)nc2ccccc21)NC1CC(C)(C)Oc2ccccc21.I. The molecule has 7 heteroatoms. The van der Waals surface area contributed by atoms with E-state index in [2.05, 4.69) is 69.4 Å². The fraction of sp³-hybridized carbons (Fsp3) is 0.391. The topological polar surface area (TPSA) is 63.5 Å². The Morgan fingerprint density at radius 3 is 2.73 bits per heavy atom. The van der Waals surface area contributed by atoms with E-state index in [-0.39, 0.29) is 35.6 Å². The molecule has 1 atom stereocenters. The van der Waals surface area contributed by atoms with E-state index in [0.717, 1.165) is 48.1 Å². The molecule has 4 rings (SSSR count). The number of ether oxygens (including phenoxy) is 1. The third-order valence-corrected chi connectivity index (χ3v) is 5.38. The molecule has 2 N–H and O–H groups in total. The smallest absolute Gasteiger partial charge is 0.191 e. The fourth-order valence-corrected chi connectivity index (χ4v) is 4.05. The highest BCUT2D eigenvalue weighted by Crippen LogP contribution is 2.39. The first-order chi connectivity index (χ1) is 14.0. The summed E-state index contributed by atoms with van der Waals surface area (Å²) < 4.78 is 8.38. The number of fused-ring (bicyclic) bond motifs is 2. The van der Waals surface area contributed by atoms with Crippen LogP contribution in [0.15, 0.2) is 53.5 Å². The van der Waals surface area contributed by atoms with Crippen molar-refractivity contribution in [1.82, 2.24) is 20.2 Å². The summed E-state index contributed by atoms with van der Waals surface area (Å²) in [6, 6.07) is 16.6. The fourth-order valence-electron chi connectivity index (χ4n) is 4.05. The van der Waals surface area contributed by atoms with Crippen LogP contribution in [-0.4, -0.2) is 34.7 Å². The molecule has 0 amide bonds. The number of aliphatic imine (C=N–C) groups is 1. The van der Waals surface area contributed by atoms with Crippen molar-refractivity contribution in [2.45, 2.75) is 45.4 Å². The van der Waals surface area contributed by atoms with Crippen LogP contribution in [-0.2, 0) is 6.54 Å². The van der Waals surface area contributed by atoms with Crippen LogP contribution >= 0.6 is 24.0 Å². The summed E-state index contributed by atoms with van der Waals surface area (Å²) in [5.41, 5.74) is 3.15. The van der Waals surface area contributed by atoms with E-state index in [1.54, 1.807) is 0 Å². The van der Waals surface area contributed by atoms with Gasteiger partial charge in [0.1, 0.15) is 17.2 Å². The number of aromatic nitrogens is 2. The minimum Gasteiger partial charge on any atom is -0.487 e. The van der Waals surface area contributed by atoms with Gasteiger partial charge in [0.2, 0.25) is 0 Å². The van der Waals surface area contributed by atoms with Crippen LogP contribution in [0.1, 0.15) is 37.7 Å². The highest BCUT2D eigenvalue weighted by atomic mass is 127. The molecule has 160 valence electrons. The highest BCUT2D eigenvalue weighted by Gasteiger charge is 2.33. The maximum Gasteiger partial charge on any atom is 0.191 e. The van der Waals surface area contributed by atoms with Crippen molar-refractivity contribution in [2.75, 3.05) is 13.6 Å². The lowest BCUT2D eigenvalue weighted by Crippen LogP contribution is -2.45. The molecule has 1 aromatic heterocycles. The Morgan fingerprint density at radius 1 is 1.20 bits per heavy atom. The van der Waals surface area contributed by atoms with Crippen LogP contribution in [0.5, 0.6) is 5.75 Å². The number of hydrogen-bond acceptors (Lipinski definition) is 3. The lowest BCUT2D eigenvalue weighted by molar-refractivity contribution is 0.0694. The Morgan fingerprint density at radius 2 is 1.93 bits per heavy atom. The van der Waals surface area contributed by atoms with Crippen molar-refractivity contribution in [3.05, 3.63) is 59.9 Å². The van der Waals surface area contributed by atoms with Gasteiger partial charge in [-0.3, -0.25) is 4.99 Å². The van der Waals surface area contributed by atoms with Gasteiger partial charge in [0, 0.05) is 32.1 Å². The molecule has 2 heterocycles. The van der Waals surface area contributed by atoms with Gasteiger partial charge in [-0.2, -0.15) is 0 Å². The van der Waals surface area contributed by atoms with E-state index in [0.29, 0.717) is 0 Å². The molecule has 6 nitrogen and oxygen atoms in total. The second-order valence-corrected chi connectivity index (χ2v) is 8.10. The Balaban J connectivity index is 0.00000256. The van der Waals surface area contributed by atoms with E-state index < -0.39 is 0 Å².